The third-order valence-corrected chi connectivity index (χ3v) is 6.72. The van der Waals surface area contributed by atoms with E-state index in [9.17, 15) is 13.2 Å². The largest absolute Gasteiger partial charge is 0.495 e. The summed E-state index contributed by atoms with van der Waals surface area (Å²) < 4.78 is 34.3. The van der Waals surface area contributed by atoms with Crippen LogP contribution < -0.4 is 14.8 Å². The van der Waals surface area contributed by atoms with E-state index in [0.29, 0.717) is 24.2 Å². The SMILES string of the molecule is COc1ccc(NC(=O)CCc2ccsc2)cc1S(=O)(=O)Nc1ccc(Br)cc1. The maximum Gasteiger partial charge on any atom is 0.265 e. The first-order valence-electron chi connectivity index (χ1n) is 8.65. The van der Waals surface area contributed by atoms with E-state index in [-0.39, 0.29) is 16.6 Å². The lowest BCUT2D eigenvalue weighted by Gasteiger charge is -2.14. The highest BCUT2D eigenvalue weighted by atomic mass is 79.9. The minimum absolute atomic E-state index is 0.0569. The molecule has 1 heterocycles. The van der Waals surface area contributed by atoms with Crippen molar-refractivity contribution in [3.63, 3.8) is 0 Å². The molecule has 0 radical (unpaired) electrons. The molecule has 0 saturated carbocycles. The first-order valence-corrected chi connectivity index (χ1v) is 11.9. The van der Waals surface area contributed by atoms with Gasteiger partial charge in [-0.15, -0.1) is 0 Å². The molecule has 0 unspecified atom stereocenters. The predicted octanol–water partition coefficient (Wildman–Crippen LogP) is 4.89. The average molecular weight is 495 g/mol. The van der Waals surface area contributed by atoms with Crippen molar-refractivity contribution in [1.82, 2.24) is 0 Å². The molecule has 0 atom stereocenters. The molecular formula is C20H19BrN2O4S2. The van der Waals surface area contributed by atoms with Crippen LogP contribution in [-0.4, -0.2) is 21.4 Å². The summed E-state index contributed by atoms with van der Waals surface area (Å²) in [5, 5.41) is 6.71. The van der Waals surface area contributed by atoms with Crippen LogP contribution in [0.15, 0.2) is 68.7 Å². The fraction of sp³-hybridized carbons (Fsp3) is 0.150. The van der Waals surface area contributed by atoms with Crippen molar-refractivity contribution in [1.29, 1.82) is 0 Å². The Morgan fingerprint density at radius 1 is 1.10 bits per heavy atom. The minimum Gasteiger partial charge on any atom is -0.495 e. The second kappa shape index (κ2) is 9.43. The molecule has 2 N–H and O–H groups in total. The molecule has 0 fully saturated rings. The molecule has 1 aromatic heterocycles. The smallest absolute Gasteiger partial charge is 0.265 e. The molecule has 0 saturated heterocycles. The maximum atomic E-state index is 12.9. The van der Waals surface area contributed by atoms with Crippen molar-refractivity contribution in [3.05, 3.63) is 69.3 Å². The molecule has 0 bridgehead atoms. The summed E-state index contributed by atoms with van der Waals surface area (Å²) in [5.41, 5.74) is 1.90. The zero-order valence-electron chi connectivity index (χ0n) is 15.5. The Bertz CT molecular complexity index is 1080. The van der Waals surface area contributed by atoms with Crippen LogP contribution in [0.5, 0.6) is 5.75 Å². The minimum atomic E-state index is -3.92. The van der Waals surface area contributed by atoms with Gasteiger partial charge in [0.15, 0.2) is 0 Å². The van der Waals surface area contributed by atoms with Gasteiger partial charge >= 0.3 is 0 Å². The molecule has 0 spiro atoms. The summed E-state index contributed by atoms with van der Waals surface area (Å²) in [6.07, 6.45) is 0.934. The predicted molar refractivity (Wildman–Crippen MR) is 119 cm³/mol. The van der Waals surface area contributed by atoms with Crippen molar-refractivity contribution >= 4 is 54.6 Å². The Morgan fingerprint density at radius 2 is 1.83 bits per heavy atom. The summed E-state index contributed by atoms with van der Waals surface area (Å²) in [6.45, 7) is 0. The number of halogens is 1. The van der Waals surface area contributed by atoms with Gasteiger partial charge in [0, 0.05) is 22.3 Å². The van der Waals surface area contributed by atoms with Crippen LogP contribution in [-0.2, 0) is 21.2 Å². The highest BCUT2D eigenvalue weighted by Crippen LogP contribution is 2.29. The molecule has 0 aliphatic rings. The lowest BCUT2D eigenvalue weighted by molar-refractivity contribution is -0.116. The Kier molecular flexibility index (Phi) is 6.94. The number of ether oxygens (including phenoxy) is 1. The number of aryl methyl sites for hydroxylation is 1. The molecule has 1 amide bonds. The number of carbonyl (C=O) groups excluding carboxylic acids is 1. The van der Waals surface area contributed by atoms with Crippen LogP contribution in [0.4, 0.5) is 11.4 Å². The topological polar surface area (TPSA) is 84.5 Å². The number of carbonyl (C=O) groups is 1. The molecule has 6 nitrogen and oxygen atoms in total. The van der Waals surface area contributed by atoms with Gasteiger partial charge in [0.2, 0.25) is 5.91 Å². The van der Waals surface area contributed by atoms with Gasteiger partial charge in [0.05, 0.1) is 7.11 Å². The van der Waals surface area contributed by atoms with Crippen LogP contribution in [0.3, 0.4) is 0 Å². The first-order chi connectivity index (χ1) is 13.9. The van der Waals surface area contributed by atoms with Gasteiger partial charge in [-0.2, -0.15) is 11.3 Å². The number of anilines is 2. The number of benzene rings is 2. The molecule has 3 rings (SSSR count). The number of hydrogen-bond acceptors (Lipinski definition) is 5. The summed E-state index contributed by atoms with van der Waals surface area (Å²) >= 11 is 4.90. The zero-order valence-corrected chi connectivity index (χ0v) is 18.7. The van der Waals surface area contributed by atoms with Crippen molar-refractivity contribution in [2.24, 2.45) is 0 Å². The van der Waals surface area contributed by atoms with E-state index < -0.39 is 10.0 Å². The third-order valence-electron chi connectivity index (χ3n) is 4.05. The average Bonchev–Trinajstić information content (AvgIpc) is 3.22. The highest BCUT2D eigenvalue weighted by Gasteiger charge is 2.21. The lowest BCUT2D eigenvalue weighted by atomic mass is 10.2. The van der Waals surface area contributed by atoms with Crippen molar-refractivity contribution in [2.45, 2.75) is 17.7 Å². The van der Waals surface area contributed by atoms with E-state index in [4.69, 9.17) is 4.74 Å². The van der Waals surface area contributed by atoms with E-state index in [2.05, 4.69) is 26.0 Å². The fourth-order valence-corrected chi connectivity index (χ4v) is 4.83. The summed E-state index contributed by atoms with van der Waals surface area (Å²) in [7, 11) is -2.52. The number of sulfonamides is 1. The zero-order chi connectivity index (χ0) is 20.9. The van der Waals surface area contributed by atoms with Crippen molar-refractivity contribution < 1.29 is 17.9 Å². The van der Waals surface area contributed by atoms with Gasteiger partial charge in [-0.05, 0) is 71.3 Å². The molecule has 0 aliphatic heterocycles. The second-order valence-electron chi connectivity index (χ2n) is 6.16. The summed E-state index contributed by atoms with van der Waals surface area (Å²) in [4.78, 5) is 12.2. The van der Waals surface area contributed by atoms with Gasteiger partial charge in [0.25, 0.3) is 10.0 Å². The Morgan fingerprint density at radius 3 is 2.48 bits per heavy atom. The second-order valence-corrected chi connectivity index (χ2v) is 9.50. The number of methoxy groups -OCH3 is 1. The first kappa shape index (κ1) is 21.4. The van der Waals surface area contributed by atoms with Crippen LogP contribution in [0.25, 0.3) is 0 Å². The molecule has 152 valence electrons. The normalized spacial score (nSPS) is 11.1. The Labute approximate surface area is 182 Å². The standard InChI is InChI=1S/C20H19BrN2O4S2/c1-27-18-8-7-17(22-20(24)9-2-14-10-11-28-13-14)12-19(18)29(25,26)23-16-5-3-15(21)4-6-16/h3-8,10-13,23H,2,9H2,1H3,(H,22,24). The maximum absolute atomic E-state index is 12.9. The van der Waals surface area contributed by atoms with Crippen LogP contribution >= 0.6 is 27.3 Å². The van der Waals surface area contributed by atoms with Crippen LogP contribution in [0.2, 0.25) is 0 Å². The van der Waals surface area contributed by atoms with E-state index >= 15 is 0 Å². The number of hydrogen-bond donors (Lipinski definition) is 2. The lowest BCUT2D eigenvalue weighted by Crippen LogP contribution is -2.16. The number of amides is 1. The fourth-order valence-electron chi connectivity index (χ4n) is 2.61. The van der Waals surface area contributed by atoms with E-state index in [1.807, 2.05) is 16.8 Å². The van der Waals surface area contributed by atoms with Crippen molar-refractivity contribution in [3.8, 4) is 5.75 Å². The van der Waals surface area contributed by atoms with Gasteiger partial charge in [-0.3, -0.25) is 9.52 Å². The van der Waals surface area contributed by atoms with Gasteiger partial charge in [-0.25, -0.2) is 8.42 Å². The van der Waals surface area contributed by atoms with Crippen LogP contribution in [0, 0.1) is 0 Å². The van der Waals surface area contributed by atoms with Gasteiger partial charge in [-0.1, -0.05) is 15.9 Å². The molecule has 9 heteroatoms. The molecule has 29 heavy (non-hydrogen) atoms. The molecule has 3 aromatic rings. The molecule has 0 aliphatic carbocycles. The van der Waals surface area contributed by atoms with E-state index in [0.717, 1.165) is 10.0 Å². The Balaban J connectivity index is 1.76. The summed E-state index contributed by atoms with van der Waals surface area (Å²) in [6, 6.07) is 13.3. The number of thiophene rings is 1. The quantitative estimate of drug-likeness (QED) is 0.466. The van der Waals surface area contributed by atoms with Gasteiger partial charge in [0.1, 0.15) is 10.6 Å². The van der Waals surface area contributed by atoms with Crippen LogP contribution in [0.1, 0.15) is 12.0 Å². The molecule has 2 aromatic carbocycles. The third kappa shape index (κ3) is 5.81. The van der Waals surface area contributed by atoms with E-state index in [1.165, 1.54) is 19.2 Å². The monoisotopic (exact) mass is 494 g/mol. The van der Waals surface area contributed by atoms with E-state index in [1.54, 1.807) is 41.7 Å². The highest BCUT2D eigenvalue weighted by molar-refractivity contribution is 9.10. The van der Waals surface area contributed by atoms with Gasteiger partial charge < -0.3 is 10.1 Å². The number of rotatable bonds is 8. The molecular weight excluding hydrogens is 476 g/mol. The Hall–Kier alpha value is -2.36. The summed E-state index contributed by atoms with van der Waals surface area (Å²) in [5.74, 6) is -0.00327. The van der Waals surface area contributed by atoms with Crippen molar-refractivity contribution in [2.75, 3.05) is 17.1 Å². The number of nitrogens with one attached hydrogen (secondary N) is 2.